The molecule has 2 aliphatic rings. The first kappa shape index (κ1) is 26.9. The molecule has 6 rings (SSSR count). The fourth-order valence-corrected chi connectivity index (χ4v) is 5.39. The Morgan fingerprint density at radius 2 is 1.46 bits per heavy atom. The van der Waals surface area contributed by atoms with Gasteiger partial charge in [0.1, 0.15) is 10.7 Å². The second-order valence-corrected chi connectivity index (χ2v) is 10.5. The number of carbonyl (C=O) groups excluding carboxylic acids is 1. The molecule has 1 amide bonds. The highest BCUT2D eigenvalue weighted by molar-refractivity contribution is 7.09. The number of fused-ring (bicyclic) bond motifs is 2. The number of nitrogens with zero attached hydrogens (tertiary/aromatic N) is 2. The van der Waals surface area contributed by atoms with E-state index in [1.54, 1.807) is 17.5 Å². The number of nitrogens with one attached hydrogen (secondary N) is 1. The quantitative estimate of drug-likeness (QED) is 0.269. The second kappa shape index (κ2) is 11.3. The number of benzene rings is 3. The van der Waals surface area contributed by atoms with Gasteiger partial charge in [0.25, 0.3) is 5.91 Å². The molecule has 0 saturated carbocycles. The molecule has 8 nitrogen and oxygen atoms in total. The SMILES string of the molecule is O=C(NCc1ccc2c(c1)OCO2)c1csc(CN(Cc2cccc(C(F)(F)F)c2)Cc2ccc3c(c2)OCO3)n1. The van der Waals surface area contributed by atoms with E-state index in [2.05, 4.69) is 10.3 Å². The molecule has 0 fully saturated rings. The number of hydrogen-bond donors (Lipinski definition) is 1. The topological polar surface area (TPSA) is 82.2 Å². The number of aromatic nitrogens is 1. The van der Waals surface area contributed by atoms with Gasteiger partial charge in [0.15, 0.2) is 23.0 Å². The molecule has 1 N–H and O–H groups in total. The maximum absolute atomic E-state index is 13.3. The van der Waals surface area contributed by atoms with Gasteiger partial charge in [-0.1, -0.05) is 30.3 Å². The number of halogens is 3. The van der Waals surface area contributed by atoms with Crippen LogP contribution in [-0.4, -0.2) is 29.4 Å². The molecule has 212 valence electrons. The molecular weight excluding hydrogens is 559 g/mol. The molecule has 3 heterocycles. The van der Waals surface area contributed by atoms with Gasteiger partial charge in [0.2, 0.25) is 13.6 Å². The smallest absolute Gasteiger partial charge is 0.416 e. The first-order chi connectivity index (χ1) is 19.8. The van der Waals surface area contributed by atoms with Gasteiger partial charge in [-0.05, 0) is 47.0 Å². The average Bonchev–Trinajstić information content (AvgIpc) is 3.72. The third-order valence-corrected chi connectivity index (χ3v) is 7.37. The van der Waals surface area contributed by atoms with Crippen molar-refractivity contribution in [3.8, 4) is 23.0 Å². The monoisotopic (exact) mass is 583 g/mol. The highest BCUT2D eigenvalue weighted by atomic mass is 32.1. The summed E-state index contributed by atoms with van der Waals surface area (Å²) >= 11 is 1.32. The van der Waals surface area contributed by atoms with Crippen molar-refractivity contribution in [3.05, 3.63) is 99.0 Å². The summed E-state index contributed by atoms with van der Waals surface area (Å²) in [5.74, 6) is 2.24. The Morgan fingerprint density at radius 1 is 0.829 bits per heavy atom. The summed E-state index contributed by atoms with van der Waals surface area (Å²) in [6.07, 6.45) is -4.43. The Morgan fingerprint density at radius 3 is 2.17 bits per heavy atom. The minimum absolute atomic E-state index is 0.144. The van der Waals surface area contributed by atoms with Gasteiger partial charge in [-0.2, -0.15) is 13.2 Å². The Hall–Kier alpha value is -4.29. The van der Waals surface area contributed by atoms with Crippen LogP contribution in [0, 0.1) is 0 Å². The van der Waals surface area contributed by atoms with Gasteiger partial charge < -0.3 is 24.3 Å². The molecule has 12 heteroatoms. The summed E-state index contributed by atoms with van der Waals surface area (Å²) in [6.45, 7) is 1.58. The summed E-state index contributed by atoms with van der Waals surface area (Å²) in [7, 11) is 0. The summed E-state index contributed by atoms with van der Waals surface area (Å²) in [5, 5.41) is 5.19. The lowest BCUT2D eigenvalue weighted by Crippen LogP contribution is -2.24. The largest absolute Gasteiger partial charge is 0.454 e. The molecule has 41 heavy (non-hydrogen) atoms. The van der Waals surface area contributed by atoms with Crippen molar-refractivity contribution < 1.29 is 36.9 Å². The van der Waals surface area contributed by atoms with Crippen LogP contribution in [0.1, 0.15) is 37.7 Å². The van der Waals surface area contributed by atoms with Crippen molar-refractivity contribution in [2.45, 2.75) is 32.4 Å². The van der Waals surface area contributed by atoms with Crippen molar-refractivity contribution in [1.82, 2.24) is 15.2 Å². The Labute approximate surface area is 237 Å². The molecule has 0 bridgehead atoms. The molecule has 0 unspecified atom stereocenters. The molecule has 3 aromatic carbocycles. The fraction of sp³-hybridized carbons (Fsp3) is 0.241. The standard InChI is InChI=1S/C29H24F3N3O5S/c30-29(31,32)21-3-1-2-19(8-21)12-35(13-20-5-7-24-26(10-20)40-17-38-24)14-27-34-22(15-41-27)28(36)33-11-18-4-6-23-25(9-18)39-16-37-23/h1-10,15H,11-14,16-17H2,(H,33,36). The molecule has 1 aromatic heterocycles. The summed E-state index contributed by atoms with van der Waals surface area (Å²) in [6, 6.07) is 16.3. The molecule has 4 aromatic rings. The van der Waals surface area contributed by atoms with Gasteiger partial charge in [-0.15, -0.1) is 11.3 Å². The number of rotatable bonds is 9. The lowest BCUT2D eigenvalue weighted by Gasteiger charge is -2.22. The highest BCUT2D eigenvalue weighted by Crippen LogP contribution is 2.34. The van der Waals surface area contributed by atoms with E-state index in [4.69, 9.17) is 18.9 Å². The van der Waals surface area contributed by atoms with E-state index in [0.717, 1.165) is 23.3 Å². The Kier molecular flexibility index (Phi) is 7.41. The summed E-state index contributed by atoms with van der Waals surface area (Å²) in [5.41, 5.74) is 1.84. The highest BCUT2D eigenvalue weighted by Gasteiger charge is 2.30. The van der Waals surface area contributed by atoms with Crippen LogP contribution >= 0.6 is 11.3 Å². The van der Waals surface area contributed by atoms with E-state index in [-0.39, 0.29) is 38.3 Å². The van der Waals surface area contributed by atoms with Crippen molar-refractivity contribution >= 4 is 17.2 Å². The minimum atomic E-state index is -4.43. The minimum Gasteiger partial charge on any atom is -0.454 e. The number of thiazole rings is 1. The number of hydrogen-bond acceptors (Lipinski definition) is 8. The Balaban J connectivity index is 1.15. The number of carbonyl (C=O) groups is 1. The van der Waals surface area contributed by atoms with E-state index in [1.807, 2.05) is 35.2 Å². The first-order valence-corrected chi connectivity index (χ1v) is 13.6. The number of amides is 1. The zero-order valence-corrected chi connectivity index (χ0v) is 22.4. The second-order valence-electron chi connectivity index (χ2n) is 9.53. The van der Waals surface area contributed by atoms with Crippen LogP contribution < -0.4 is 24.3 Å². The third kappa shape index (κ3) is 6.39. The third-order valence-electron chi connectivity index (χ3n) is 6.54. The van der Waals surface area contributed by atoms with Crippen LogP contribution in [0.5, 0.6) is 23.0 Å². The van der Waals surface area contributed by atoms with Crippen LogP contribution in [0.25, 0.3) is 0 Å². The van der Waals surface area contributed by atoms with E-state index >= 15 is 0 Å². The molecular formula is C29H24F3N3O5S. The normalized spacial score (nSPS) is 13.6. The molecule has 2 aliphatic heterocycles. The van der Waals surface area contributed by atoms with Crippen LogP contribution in [0.15, 0.2) is 66.0 Å². The zero-order valence-electron chi connectivity index (χ0n) is 21.6. The van der Waals surface area contributed by atoms with Crippen LogP contribution in [0.4, 0.5) is 13.2 Å². The van der Waals surface area contributed by atoms with Gasteiger partial charge in [0.05, 0.1) is 12.1 Å². The predicted octanol–water partition coefficient (Wildman–Crippen LogP) is 5.75. The fourth-order valence-electron chi connectivity index (χ4n) is 4.57. The van der Waals surface area contributed by atoms with Gasteiger partial charge in [-0.3, -0.25) is 9.69 Å². The lowest BCUT2D eigenvalue weighted by atomic mass is 10.1. The van der Waals surface area contributed by atoms with Crippen molar-refractivity contribution in [2.75, 3.05) is 13.6 Å². The van der Waals surface area contributed by atoms with Crippen molar-refractivity contribution in [1.29, 1.82) is 0 Å². The van der Waals surface area contributed by atoms with Crippen molar-refractivity contribution in [2.24, 2.45) is 0 Å². The molecule has 0 atom stereocenters. The average molecular weight is 584 g/mol. The summed E-state index contributed by atoms with van der Waals surface area (Å²) in [4.78, 5) is 19.3. The predicted molar refractivity (Wildman–Crippen MR) is 143 cm³/mol. The maximum atomic E-state index is 13.3. The van der Waals surface area contributed by atoms with E-state index in [0.29, 0.717) is 46.7 Å². The van der Waals surface area contributed by atoms with Crippen molar-refractivity contribution in [3.63, 3.8) is 0 Å². The molecule has 0 aliphatic carbocycles. The van der Waals surface area contributed by atoms with Gasteiger partial charge in [0, 0.05) is 25.0 Å². The number of alkyl halides is 3. The van der Waals surface area contributed by atoms with Crippen LogP contribution in [-0.2, 0) is 32.4 Å². The van der Waals surface area contributed by atoms with Gasteiger partial charge in [-0.25, -0.2) is 4.98 Å². The maximum Gasteiger partial charge on any atom is 0.416 e. The summed E-state index contributed by atoms with van der Waals surface area (Å²) < 4.78 is 61.6. The van der Waals surface area contributed by atoms with E-state index < -0.39 is 11.7 Å². The molecule has 0 saturated heterocycles. The van der Waals surface area contributed by atoms with E-state index in [1.165, 1.54) is 17.4 Å². The van der Waals surface area contributed by atoms with E-state index in [9.17, 15) is 18.0 Å². The van der Waals surface area contributed by atoms with Crippen LogP contribution in [0.3, 0.4) is 0 Å². The molecule has 0 spiro atoms. The molecule has 0 radical (unpaired) electrons. The lowest BCUT2D eigenvalue weighted by molar-refractivity contribution is -0.137. The first-order valence-electron chi connectivity index (χ1n) is 12.7. The van der Waals surface area contributed by atoms with Gasteiger partial charge >= 0.3 is 6.18 Å². The van der Waals surface area contributed by atoms with Crippen LogP contribution in [0.2, 0.25) is 0 Å². The Bertz CT molecular complexity index is 1580. The zero-order chi connectivity index (χ0) is 28.4. The number of ether oxygens (including phenoxy) is 4.